The summed E-state index contributed by atoms with van der Waals surface area (Å²) in [5.41, 5.74) is 3.68. The van der Waals surface area contributed by atoms with Gasteiger partial charge in [0.1, 0.15) is 0 Å². The van der Waals surface area contributed by atoms with Gasteiger partial charge in [-0.1, -0.05) is 32.9 Å². The van der Waals surface area contributed by atoms with Crippen LogP contribution in [0, 0.1) is 0 Å². The number of aromatic nitrogens is 3. The summed E-state index contributed by atoms with van der Waals surface area (Å²) in [4.78, 5) is 7.26. The maximum atomic E-state index is 4.81. The molecule has 0 radical (unpaired) electrons. The molecule has 0 unspecified atom stereocenters. The fourth-order valence-electron chi connectivity index (χ4n) is 2.96. The van der Waals surface area contributed by atoms with Crippen molar-refractivity contribution in [1.29, 1.82) is 0 Å². The molecule has 3 aromatic rings. The van der Waals surface area contributed by atoms with Gasteiger partial charge < -0.3 is 9.47 Å². The van der Waals surface area contributed by atoms with Crippen molar-refractivity contribution in [1.82, 2.24) is 18.9 Å². The van der Waals surface area contributed by atoms with Crippen LogP contribution in [-0.4, -0.2) is 38.5 Å². The molecule has 21 heavy (non-hydrogen) atoms. The molecule has 0 saturated carbocycles. The van der Waals surface area contributed by atoms with Gasteiger partial charge in [-0.25, -0.2) is 4.98 Å². The van der Waals surface area contributed by atoms with E-state index in [2.05, 4.69) is 65.1 Å². The lowest BCUT2D eigenvalue weighted by Crippen LogP contribution is -2.27. The molecule has 0 aliphatic heterocycles. The van der Waals surface area contributed by atoms with Crippen LogP contribution in [0.5, 0.6) is 0 Å². The van der Waals surface area contributed by atoms with E-state index in [4.69, 9.17) is 4.98 Å². The Morgan fingerprint density at radius 2 is 1.76 bits per heavy atom. The highest BCUT2D eigenvalue weighted by atomic mass is 15.2. The van der Waals surface area contributed by atoms with E-state index >= 15 is 0 Å². The van der Waals surface area contributed by atoms with Gasteiger partial charge in [0.05, 0.1) is 16.7 Å². The number of aryl methyl sites for hydroxylation is 1. The molecule has 0 atom stereocenters. The lowest BCUT2D eigenvalue weighted by Gasteiger charge is -2.18. The van der Waals surface area contributed by atoms with Crippen molar-refractivity contribution < 1.29 is 0 Å². The number of imidazole rings is 2. The Balaban J connectivity index is 2.06. The van der Waals surface area contributed by atoms with Crippen molar-refractivity contribution in [3.05, 3.63) is 36.2 Å². The first-order valence-electron chi connectivity index (χ1n) is 7.96. The van der Waals surface area contributed by atoms with Gasteiger partial charge in [0.2, 0.25) is 5.78 Å². The summed E-state index contributed by atoms with van der Waals surface area (Å²) in [6.45, 7) is 10.8. The Morgan fingerprint density at radius 3 is 2.43 bits per heavy atom. The quantitative estimate of drug-likeness (QED) is 0.694. The Labute approximate surface area is 126 Å². The van der Waals surface area contributed by atoms with Gasteiger partial charge in [-0.2, -0.15) is 0 Å². The third kappa shape index (κ3) is 2.44. The second kappa shape index (κ2) is 5.90. The van der Waals surface area contributed by atoms with E-state index in [-0.39, 0.29) is 0 Å². The van der Waals surface area contributed by atoms with E-state index in [0.717, 1.165) is 44.1 Å². The van der Waals surface area contributed by atoms with Crippen LogP contribution in [0.2, 0.25) is 0 Å². The van der Waals surface area contributed by atoms with E-state index in [1.165, 1.54) is 11.0 Å². The fraction of sp³-hybridized carbons (Fsp3) is 0.471. The topological polar surface area (TPSA) is 25.5 Å². The number of hydrogen-bond donors (Lipinski definition) is 0. The number of nitrogens with zero attached hydrogens (tertiary/aromatic N) is 4. The number of benzene rings is 1. The number of fused-ring (bicyclic) bond motifs is 3. The van der Waals surface area contributed by atoms with Crippen molar-refractivity contribution in [3.8, 4) is 0 Å². The van der Waals surface area contributed by atoms with Crippen LogP contribution in [0.15, 0.2) is 30.5 Å². The van der Waals surface area contributed by atoms with Crippen molar-refractivity contribution in [2.75, 3.05) is 19.6 Å². The first-order chi connectivity index (χ1) is 10.3. The predicted molar refractivity (Wildman–Crippen MR) is 87.9 cm³/mol. The molecule has 0 fully saturated rings. The van der Waals surface area contributed by atoms with Crippen LogP contribution in [0.25, 0.3) is 16.8 Å². The van der Waals surface area contributed by atoms with E-state index in [1.54, 1.807) is 0 Å². The van der Waals surface area contributed by atoms with Gasteiger partial charge in [0, 0.05) is 19.3 Å². The fourth-order valence-corrected chi connectivity index (χ4v) is 2.96. The second-order valence-corrected chi connectivity index (χ2v) is 5.42. The lowest BCUT2D eigenvalue weighted by molar-refractivity contribution is 0.293. The summed E-state index contributed by atoms with van der Waals surface area (Å²) in [6.07, 6.45) is 3.15. The third-order valence-corrected chi connectivity index (χ3v) is 4.31. The van der Waals surface area contributed by atoms with Crippen molar-refractivity contribution in [3.63, 3.8) is 0 Å². The van der Waals surface area contributed by atoms with Gasteiger partial charge >= 0.3 is 0 Å². The summed E-state index contributed by atoms with van der Waals surface area (Å²) in [7, 11) is 0. The van der Waals surface area contributed by atoms with E-state index in [9.17, 15) is 0 Å². The van der Waals surface area contributed by atoms with Gasteiger partial charge in [0.15, 0.2) is 0 Å². The minimum absolute atomic E-state index is 0.978. The molecule has 4 nitrogen and oxygen atoms in total. The highest BCUT2D eigenvalue weighted by Gasteiger charge is 2.13. The first-order valence-corrected chi connectivity index (χ1v) is 7.96. The molecular weight excluding hydrogens is 260 g/mol. The molecule has 2 heterocycles. The standard InChI is InChI=1S/C17H24N4/c1-4-14-13-21-16-10-8-7-9-15(16)20(17(21)18-14)12-11-19(5-2)6-3/h7-10,13H,4-6,11-12H2,1-3H3. The van der Waals surface area contributed by atoms with E-state index in [0.29, 0.717) is 0 Å². The normalized spacial score (nSPS) is 12.0. The Bertz CT molecular complexity index is 734. The van der Waals surface area contributed by atoms with E-state index < -0.39 is 0 Å². The molecule has 112 valence electrons. The van der Waals surface area contributed by atoms with Gasteiger partial charge in [-0.15, -0.1) is 0 Å². The molecule has 0 bridgehead atoms. The molecule has 0 N–H and O–H groups in total. The minimum atomic E-state index is 0.978. The molecule has 2 aromatic heterocycles. The van der Waals surface area contributed by atoms with Crippen LogP contribution >= 0.6 is 0 Å². The summed E-state index contributed by atoms with van der Waals surface area (Å²) >= 11 is 0. The zero-order valence-electron chi connectivity index (χ0n) is 13.2. The molecule has 0 amide bonds. The lowest BCUT2D eigenvalue weighted by atomic mass is 10.3. The molecule has 3 rings (SSSR count). The summed E-state index contributed by atoms with van der Waals surface area (Å²) in [6, 6.07) is 8.58. The predicted octanol–water partition coefficient (Wildman–Crippen LogP) is 3.19. The zero-order valence-corrected chi connectivity index (χ0v) is 13.2. The second-order valence-electron chi connectivity index (χ2n) is 5.42. The highest BCUT2D eigenvalue weighted by molar-refractivity contribution is 5.80. The van der Waals surface area contributed by atoms with Gasteiger partial charge in [0.25, 0.3) is 0 Å². The first kappa shape index (κ1) is 14.1. The molecule has 1 aromatic carbocycles. The smallest absolute Gasteiger partial charge is 0.215 e. The summed E-state index contributed by atoms with van der Waals surface area (Å²) in [5.74, 6) is 1.07. The zero-order chi connectivity index (χ0) is 14.8. The average molecular weight is 284 g/mol. The monoisotopic (exact) mass is 284 g/mol. The molecule has 0 aliphatic carbocycles. The molecule has 4 heteroatoms. The Morgan fingerprint density at radius 1 is 1.05 bits per heavy atom. The molecule has 0 spiro atoms. The number of likely N-dealkylation sites (N-methyl/N-ethyl adjacent to an activating group) is 1. The maximum Gasteiger partial charge on any atom is 0.215 e. The number of rotatable bonds is 6. The maximum absolute atomic E-state index is 4.81. The van der Waals surface area contributed by atoms with Crippen LogP contribution in [0.4, 0.5) is 0 Å². The Kier molecular flexibility index (Phi) is 3.97. The highest BCUT2D eigenvalue weighted by Crippen LogP contribution is 2.21. The molecule has 0 saturated heterocycles. The van der Waals surface area contributed by atoms with Crippen LogP contribution in [-0.2, 0) is 13.0 Å². The number of hydrogen-bond acceptors (Lipinski definition) is 2. The molecular formula is C17H24N4. The van der Waals surface area contributed by atoms with E-state index in [1.807, 2.05) is 0 Å². The molecule has 0 aliphatic rings. The third-order valence-electron chi connectivity index (χ3n) is 4.31. The van der Waals surface area contributed by atoms with Crippen LogP contribution in [0.1, 0.15) is 26.5 Å². The van der Waals surface area contributed by atoms with Crippen LogP contribution < -0.4 is 0 Å². The SMILES string of the molecule is CCc1cn2c3ccccc3n(CCN(CC)CC)c2n1. The van der Waals surface area contributed by atoms with Crippen molar-refractivity contribution in [2.24, 2.45) is 0 Å². The van der Waals surface area contributed by atoms with Gasteiger partial charge in [-0.3, -0.25) is 4.40 Å². The summed E-state index contributed by atoms with van der Waals surface area (Å²) < 4.78 is 4.59. The van der Waals surface area contributed by atoms with Gasteiger partial charge in [-0.05, 0) is 31.6 Å². The van der Waals surface area contributed by atoms with Crippen molar-refractivity contribution in [2.45, 2.75) is 33.7 Å². The minimum Gasteiger partial charge on any atom is -0.308 e. The number of para-hydroxylation sites is 2. The average Bonchev–Trinajstić information content (AvgIpc) is 3.06. The van der Waals surface area contributed by atoms with Crippen molar-refractivity contribution >= 4 is 16.8 Å². The van der Waals surface area contributed by atoms with Crippen LogP contribution in [0.3, 0.4) is 0 Å². The Hall–Kier alpha value is -1.81. The summed E-state index contributed by atoms with van der Waals surface area (Å²) in [5, 5.41) is 0. The largest absolute Gasteiger partial charge is 0.308 e.